The predicted molar refractivity (Wildman–Crippen MR) is 183 cm³/mol. The van der Waals surface area contributed by atoms with E-state index in [-0.39, 0.29) is 0 Å². The first kappa shape index (κ1) is 26.3. The molecule has 0 saturated carbocycles. The smallest absolute Gasteiger partial charge is 0.164 e. The Bertz CT molecular complexity index is 2090. The van der Waals surface area contributed by atoms with Crippen molar-refractivity contribution in [3.8, 4) is 56.4 Å². The first-order chi connectivity index (χ1) is 21.7. The Morgan fingerprint density at radius 2 is 0.886 bits per heavy atom. The Kier molecular flexibility index (Phi) is 6.58. The number of hydrogen-bond donors (Lipinski definition) is 0. The molecule has 44 heavy (non-hydrogen) atoms. The maximum Gasteiger partial charge on any atom is 0.164 e. The van der Waals surface area contributed by atoms with Gasteiger partial charge in [0.1, 0.15) is 0 Å². The van der Waals surface area contributed by atoms with Gasteiger partial charge < -0.3 is 4.90 Å². The van der Waals surface area contributed by atoms with Crippen LogP contribution in [0.5, 0.6) is 0 Å². The average Bonchev–Trinajstić information content (AvgIpc) is 3.21. The summed E-state index contributed by atoms with van der Waals surface area (Å²) < 4.78 is 1.04. The van der Waals surface area contributed by atoms with Crippen molar-refractivity contribution in [1.29, 1.82) is 0 Å². The number of halogens is 1. The van der Waals surface area contributed by atoms with Crippen LogP contribution in [0.15, 0.2) is 156 Å². The standard InChI is InChI=1S/C39H25BrN4/c40-29-22-23-36-34(25-29)32-19-8-7-18-31(32)33-20-9-10-21-35(33)44(36)30-17-11-16-28(24-30)39-42-37(26-12-3-1-4-13-26)41-38(43-39)27-14-5-2-6-15-27/h1-25H. The van der Waals surface area contributed by atoms with Gasteiger partial charge in [-0.2, -0.15) is 0 Å². The fourth-order valence-corrected chi connectivity index (χ4v) is 6.26. The highest BCUT2D eigenvalue weighted by atomic mass is 79.9. The lowest BCUT2D eigenvalue weighted by Crippen LogP contribution is -2.11. The molecule has 5 heteroatoms. The van der Waals surface area contributed by atoms with E-state index >= 15 is 0 Å². The van der Waals surface area contributed by atoms with Crippen LogP contribution in [-0.4, -0.2) is 15.0 Å². The van der Waals surface area contributed by atoms with Crippen LogP contribution in [-0.2, 0) is 0 Å². The van der Waals surface area contributed by atoms with Gasteiger partial charge in [0.2, 0.25) is 0 Å². The lowest BCUT2D eigenvalue weighted by Gasteiger charge is -2.27. The van der Waals surface area contributed by atoms with E-state index < -0.39 is 0 Å². The summed E-state index contributed by atoms with van der Waals surface area (Å²) in [7, 11) is 0. The van der Waals surface area contributed by atoms with Crippen LogP contribution >= 0.6 is 15.9 Å². The second-order valence-electron chi connectivity index (χ2n) is 10.6. The molecule has 0 aliphatic carbocycles. The number of nitrogens with zero attached hydrogens (tertiary/aromatic N) is 4. The molecule has 1 aromatic heterocycles. The highest BCUT2D eigenvalue weighted by Crippen LogP contribution is 2.51. The molecule has 0 radical (unpaired) electrons. The van der Waals surface area contributed by atoms with Crippen LogP contribution in [0.25, 0.3) is 56.4 Å². The second kappa shape index (κ2) is 11.0. The summed E-state index contributed by atoms with van der Waals surface area (Å²) in [4.78, 5) is 17.2. The minimum atomic E-state index is 0.627. The highest BCUT2D eigenvalue weighted by Gasteiger charge is 2.26. The van der Waals surface area contributed by atoms with E-state index in [1.807, 2.05) is 60.7 Å². The summed E-state index contributed by atoms with van der Waals surface area (Å²) in [6, 6.07) is 52.4. The van der Waals surface area contributed by atoms with Crippen molar-refractivity contribution >= 4 is 33.0 Å². The van der Waals surface area contributed by atoms with Crippen LogP contribution in [0.4, 0.5) is 17.1 Å². The van der Waals surface area contributed by atoms with Crippen molar-refractivity contribution in [3.63, 3.8) is 0 Å². The number of para-hydroxylation sites is 1. The van der Waals surface area contributed by atoms with Gasteiger partial charge in [0, 0.05) is 38.0 Å². The summed E-state index contributed by atoms with van der Waals surface area (Å²) in [5, 5.41) is 0. The molecule has 1 aliphatic rings. The molecular weight excluding hydrogens is 604 g/mol. The quantitative estimate of drug-likeness (QED) is 0.194. The first-order valence-electron chi connectivity index (χ1n) is 14.5. The van der Waals surface area contributed by atoms with Crippen LogP contribution in [0, 0.1) is 0 Å². The Hall–Kier alpha value is -5.39. The minimum absolute atomic E-state index is 0.627. The lowest BCUT2D eigenvalue weighted by atomic mass is 9.95. The zero-order chi connectivity index (χ0) is 29.5. The molecule has 2 heterocycles. The third kappa shape index (κ3) is 4.68. The fourth-order valence-electron chi connectivity index (χ4n) is 5.90. The summed E-state index contributed by atoms with van der Waals surface area (Å²) in [5.74, 6) is 1.92. The van der Waals surface area contributed by atoms with E-state index in [9.17, 15) is 0 Å². The van der Waals surface area contributed by atoms with Gasteiger partial charge in [-0.25, -0.2) is 15.0 Å². The Morgan fingerprint density at radius 3 is 1.55 bits per heavy atom. The van der Waals surface area contributed by atoms with Crippen molar-refractivity contribution in [2.24, 2.45) is 0 Å². The molecule has 0 fully saturated rings. The van der Waals surface area contributed by atoms with Gasteiger partial charge in [-0.05, 0) is 47.5 Å². The van der Waals surface area contributed by atoms with Gasteiger partial charge in [0.05, 0.1) is 11.4 Å². The molecule has 0 spiro atoms. The third-order valence-corrected chi connectivity index (χ3v) is 8.41. The molecule has 1 aliphatic heterocycles. The molecule has 4 nitrogen and oxygen atoms in total. The van der Waals surface area contributed by atoms with Crippen LogP contribution < -0.4 is 4.90 Å². The van der Waals surface area contributed by atoms with Gasteiger partial charge in [-0.3, -0.25) is 0 Å². The Morgan fingerprint density at radius 1 is 0.386 bits per heavy atom. The molecule has 0 atom stereocenters. The van der Waals surface area contributed by atoms with Gasteiger partial charge in [-0.1, -0.05) is 131 Å². The largest absolute Gasteiger partial charge is 0.309 e. The van der Waals surface area contributed by atoms with Crippen molar-refractivity contribution < 1.29 is 0 Å². The average molecular weight is 630 g/mol. The lowest BCUT2D eigenvalue weighted by molar-refractivity contribution is 1.07. The number of fused-ring (bicyclic) bond motifs is 5. The SMILES string of the molecule is Brc1ccc2c(c1)-c1ccccc1-c1ccccc1N2c1cccc(-c2nc(-c3ccccc3)nc(-c3ccccc3)n2)c1. The van der Waals surface area contributed by atoms with E-state index in [1.165, 1.54) is 16.7 Å². The summed E-state index contributed by atoms with van der Waals surface area (Å²) in [5.41, 5.74) is 10.8. The van der Waals surface area contributed by atoms with E-state index in [0.29, 0.717) is 17.5 Å². The zero-order valence-electron chi connectivity index (χ0n) is 23.6. The number of benzene rings is 6. The third-order valence-electron chi connectivity index (χ3n) is 7.91. The van der Waals surface area contributed by atoms with Gasteiger partial charge in [0.25, 0.3) is 0 Å². The predicted octanol–water partition coefficient (Wildman–Crippen LogP) is 10.8. The summed E-state index contributed by atoms with van der Waals surface area (Å²) in [6.07, 6.45) is 0. The molecule has 0 unspecified atom stereocenters. The monoisotopic (exact) mass is 628 g/mol. The highest BCUT2D eigenvalue weighted by molar-refractivity contribution is 9.10. The molecule has 0 bridgehead atoms. The zero-order valence-corrected chi connectivity index (χ0v) is 25.2. The van der Waals surface area contributed by atoms with Crippen LogP contribution in [0.1, 0.15) is 0 Å². The second-order valence-corrected chi connectivity index (χ2v) is 11.6. The molecule has 8 rings (SSSR count). The summed E-state index contributed by atoms with van der Waals surface area (Å²) in [6.45, 7) is 0. The van der Waals surface area contributed by atoms with E-state index in [4.69, 9.17) is 15.0 Å². The number of hydrogen-bond acceptors (Lipinski definition) is 4. The van der Waals surface area contributed by atoms with Crippen molar-refractivity contribution in [1.82, 2.24) is 15.0 Å². The van der Waals surface area contributed by atoms with Crippen LogP contribution in [0.3, 0.4) is 0 Å². The Labute approximate surface area is 264 Å². The summed E-state index contributed by atoms with van der Waals surface area (Å²) >= 11 is 3.73. The number of rotatable bonds is 4. The molecular formula is C39H25BrN4. The molecule has 0 amide bonds. The van der Waals surface area contributed by atoms with E-state index in [0.717, 1.165) is 43.8 Å². The molecule has 7 aromatic rings. The first-order valence-corrected chi connectivity index (χ1v) is 15.3. The Balaban J connectivity index is 1.34. The van der Waals surface area contributed by atoms with Gasteiger partial charge in [-0.15, -0.1) is 0 Å². The molecule has 208 valence electrons. The fraction of sp³-hybridized carbons (Fsp3) is 0. The van der Waals surface area contributed by atoms with E-state index in [2.05, 4.69) is 112 Å². The van der Waals surface area contributed by atoms with Crippen molar-refractivity contribution in [2.75, 3.05) is 4.90 Å². The number of aromatic nitrogens is 3. The molecule has 0 N–H and O–H groups in total. The minimum Gasteiger partial charge on any atom is -0.309 e. The topological polar surface area (TPSA) is 41.9 Å². The van der Waals surface area contributed by atoms with E-state index in [1.54, 1.807) is 0 Å². The van der Waals surface area contributed by atoms with Crippen molar-refractivity contribution in [2.45, 2.75) is 0 Å². The normalized spacial score (nSPS) is 11.7. The maximum atomic E-state index is 4.99. The maximum absolute atomic E-state index is 4.99. The van der Waals surface area contributed by atoms with Crippen LogP contribution in [0.2, 0.25) is 0 Å². The van der Waals surface area contributed by atoms with Gasteiger partial charge >= 0.3 is 0 Å². The van der Waals surface area contributed by atoms with Gasteiger partial charge in [0.15, 0.2) is 17.5 Å². The van der Waals surface area contributed by atoms with Crippen molar-refractivity contribution in [3.05, 3.63) is 156 Å². The molecule has 6 aromatic carbocycles. The number of anilines is 3. The molecule has 0 saturated heterocycles.